The number of nitrogens with zero attached hydrogens (tertiary/aromatic N) is 3. The molecule has 0 fully saturated rings. The van der Waals surface area contributed by atoms with Crippen LogP contribution in [0.2, 0.25) is 5.02 Å². The monoisotopic (exact) mass is 395 g/mol. The minimum Gasteiger partial charge on any atom is -0.346 e. The van der Waals surface area contributed by atoms with Crippen molar-refractivity contribution in [3.8, 4) is 0 Å². The summed E-state index contributed by atoms with van der Waals surface area (Å²) in [4.78, 5) is 19.1. The van der Waals surface area contributed by atoms with E-state index < -0.39 is 0 Å². The number of aromatic nitrogens is 2. The summed E-state index contributed by atoms with van der Waals surface area (Å²) < 4.78 is 2.02. The largest absolute Gasteiger partial charge is 0.346 e. The van der Waals surface area contributed by atoms with Crippen molar-refractivity contribution < 1.29 is 4.79 Å². The minimum atomic E-state index is -0.00982. The molecule has 1 heterocycles. The minimum absolute atomic E-state index is 0.00982. The number of imidazole rings is 1. The molecule has 0 saturated heterocycles. The molecular formula is C23H26ClN3O. The third-order valence-electron chi connectivity index (χ3n) is 5.07. The number of halogens is 1. The van der Waals surface area contributed by atoms with E-state index in [9.17, 15) is 4.79 Å². The molecule has 3 aromatic rings. The Morgan fingerprint density at radius 3 is 2.57 bits per heavy atom. The van der Waals surface area contributed by atoms with E-state index in [0.29, 0.717) is 18.0 Å². The van der Waals surface area contributed by atoms with Gasteiger partial charge in [-0.05, 0) is 29.7 Å². The van der Waals surface area contributed by atoms with Gasteiger partial charge in [-0.3, -0.25) is 4.79 Å². The first-order chi connectivity index (χ1) is 13.5. The fraction of sp³-hybridized carbons (Fsp3) is 0.304. The van der Waals surface area contributed by atoms with Gasteiger partial charge in [-0.25, -0.2) is 4.98 Å². The third kappa shape index (κ3) is 5.23. The lowest BCUT2D eigenvalue weighted by molar-refractivity contribution is -0.130. The van der Waals surface area contributed by atoms with Crippen molar-refractivity contribution in [2.24, 2.45) is 7.05 Å². The van der Waals surface area contributed by atoms with Crippen molar-refractivity contribution >= 4 is 17.5 Å². The predicted octanol–water partition coefficient (Wildman–Crippen LogP) is 4.69. The lowest BCUT2D eigenvalue weighted by Crippen LogP contribution is -2.29. The molecule has 0 saturated carbocycles. The van der Waals surface area contributed by atoms with E-state index in [1.165, 1.54) is 0 Å². The molecule has 5 heteroatoms. The molecule has 1 aromatic heterocycles. The molecule has 0 N–H and O–H groups in total. The van der Waals surface area contributed by atoms with Gasteiger partial charge in [0.25, 0.3) is 0 Å². The number of hydrogen-bond acceptors (Lipinski definition) is 2. The SMILES string of the molecule is CN(CCCc1nccn1C)C(=O)C[C@H](c1ccccc1)c1cccc(Cl)c1. The standard InChI is InChI=1S/C23H26ClN3O/c1-26-15-13-25-22(26)12-7-14-27(2)23(28)17-21(18-8-4-3-5-9-18)19-10-6-11-20(24)16-19/h3-6,8-11,13,15-16,21H,7,12,14,17H2,1-2H3/t21-/m1/s1. The fourth-order valence-electron chi connectivity index (χ4n) is 3.40. The van der Waals surface area contributed by atoms with Gasteiger partial charge in [0.2, 0.25) is 5.91 Å². The van der Waals surface area contributed by atoms with Crippen molar-refractivity contribution in [3.05, 3.63) is 89.0 Å². The Hall–Kier alpha value is -2.59. The normalized spacial score (nSPS) is 12.0. The van der Waals surface area contributed by atoms with Crippen LogP contribution in [-0.2, 0) is 18.3 Å². The Labute approximate surface area is 171 Å². The first-order valence-corrected chi connectivity index (χ1v) is 9.93. The number of aryl methyl sites for hydroxylation is 2. The van der Waals surface area contributed by atoms with Crippen LogP contribution in [0, 0.1) is 0 Å². The van der Waals surface area contributed by atoms with Gasteiger partial charge in [0, 0.05) is 56.8 Å². The highest BCUT2D eigenvalue weighted by molar-refractivity contribution is 6.30. The predicted molar refractivity (Wildman–Crippen MR) is 114 cm³/mol. The molecule has 0 aliphatic carbocycles. The van der Waals surface area contributed by atoms with Gasteiger partial charge in [-0.2, -0.15) is 0 Å². The number of hydrogen-bond donors (Lipinski definition) is 0. The topological polar surface area (TPSA) is 38.1 Å². The van der Waals surface area contributed by atoms with Crippen LogP contribution < -0.4 is 0 Å². The van der Waals surface area contributed by atoms with E-state index in [0.717, 1.165) is 29.8 Å². The van der Waals surface area contributed by atoms with Gasteiger partial charge in [0.05, 0.1) is 0 Å². The quantitative estimate of drug-likeness (QED) is 0.555. The van der Waals surface area contributed by atoms with Gasteiger partial charge in [0.1, 0.15) is 5.82 Å². The molecule has 0 unspecified atom stereocenters. The molecule has 3 rings (SSSR count). The van der Waals surface area contributed by atoms with Crippen LogP contribution in [0.5, 0.6) is 0 Å². The van der Waals surface area contributed by atoms with Gasteiger partial charge in [-0.1, -0.05) is 54.1 Å². The molecular weight excluding hydrogens is 370 g/mol. The fourth-order valence-corrected chi connectivity index (χ4v) is 3.60. The van der Waals surface area contributed by atoms with Gasteiger partial charge >= 0.3 is 0 Å². The summed E-state index contributed by atoms with van der Waals surface area (Å²) >= 11 is 6.20. The highest BCUT2D eigenvalue weighted by atomic mass is 35.5. The smallest absolute Gasteiger partial charge is 0.223 e. The van der Waals surface area contributed by atoms with Crippen LogP contribution >= 0.6 is 11.6 Å². The summed E-state index contributed by atoms with van der Waals surface area (Å²) in [6.07, 6.45) is 5.92. The lowest BCUT2D eigenvalue weighted by Gasteiger charge is -2.22. The number of amides is 1. The van der Waals surface area contributed by atoms with Crippen LogP contribution in [0.3, 0.4) is 0 Å². The summed E-state index contributed by atoms with van der Waals surface area (Å²) in [5.41, 5.74) is 2.19. The van der Waals surface area contributed by atoms with Gasteiger partial charge in [0.15, 0.2) is 0 Å². The average Bonchev–Trinajstić information content (AvgIpc) is 3.11. The molecule has 2 aromatic carbocycles. The summed E-state index contributed by atoms with van der Waals surface area (Å²) in [5.74, 6) is 1.17. The van der Waals surface area contributed by atoms with Crippen LogP contribution in [0.15, 0.2) is 67.0 Å². The molecule has 0 spiro atoms. The average molecular weight is 396 g/mol. The number of rotatable bonds is 8. The summed E-state index contributed by atoms with van der Waals surface area (Å²) in [6, 6.07) is 17.9. The zero-order valence-corrected chi connectivity index (χ0v) is 17.1. The first kappa shape index (κ1) is 20.2. The molecule has 0 aliphatic rings. The van der Waals surface area contributed by atoms with Crippen molar-refractivity contribution in [3.63, 3.8) is 0 Å². The summed E-state index contributed by atoms with van der Waals surface area (Å²) in [5, 5.41) is 0.689. The molecule has 4 nitrogen and oxygen atoms in total. The molecule has 1 atom stereocenters. The maximum atomic E-state index is 12.9. The second-order valence-electron chi connectivity index (χ2n) is 7.10. The highest BCUT2D eigenvalue weighted by Gasteiger charge is 2.20. The number of carbonyl (C=O) groups is 1. The van der Waals surface area contributed by atoms with Crippen molar-refractivity contribution in [2.75, 3.05) is 13.6 Å². The van der Waals surface area contributed by atoms with Crippen LogP contribution in [0.25, 0.3) is 0 Å². The van der Waals surface area contributed by atoms with E-state index in [4.69, 9.17) is 11.6 Å². The van der Waals surface area contributed by atoms with E-state index in [2.05, 4.69) is 17.1 Å². The second-order valence-corrected chi connectivity index (χ2v) is 7.53. The molecule has 146 valence electrons. The van der Waals surface area contributed by atoms with Crippen molar-refractivity contribution in [1.82, 2.24) is 14.5 Å². The molecule has 1 amide bonds. The lowest BCUT2D eigenvalue weighted by atomic mass is 9.88. The summed E-state index contributed by atoms with van der Waals surface area (Å²) in [7, 11) is 3.87. The molecule has 0 bridgehead atoms. The number of carbonyl (C=O) groups excluding carboxylic acids is 1. The Balaban J connectivity index is 1.66. The van der Waals surface area contributed by atoms with Crippen LogP contribution in [-0.4, -0.2) is 34.0 Å². The molecule has 0 aliphatic heterocycles. The van der Waals surface area contributed by atoms with Crippen LogP contribution in [0.4, 0.5) is 0 Å². The zero-order chi connectivity index (χ0) is 19.9. The Bertz CT molecular complexity index is 907. The van der Waals surface area contributed by atoms with E-state index in [-0.39, 0.29) is 11.8 Å². The summed E-state index contributed by atoms with van der Waals surface area (Å²) in [6.45, 7) is 0.711. The Morgan fingerprint density at radius 2 is 1.89 bits per heavy atom. The molecule has 28 heavy (non-hydrogen) atoms. The van der Waals surface area contributed by atoms with Crippen molar-refractivity contribution in [1.29, 1.82) is 0 Å². The number of benzene rings is 2. The van der Waals surface area contributed by atoms with Crippen molar-refractivity contribution in [2.45, 2.75) is 25.2 Å². The molecule has 0 radical (unpaired) electrons. The maximum absolute atomic E-state index is 12.9. The Kier molecular flexibility index (Phi) is 6.88. The first-order valence-electron chi connectivity index (χ1n) is 9.55. The maximum Gasteiger partial charge on any atom is 0.223 e. The van der Waals surface area contributed by atoms with E-state index >= 15 is 0 Å². The van der Waals surface area contributed by atoms with E-state index in [1.54, 1.807) is 6.20 Å². The van der Waals surface area contributed by atoms with Crippen LogP contribution in [0.1, 0.15) is 35.7 Å². The van der Waals surface area contributed by atoms with Gasteiger partial charge < -0.3 is 9.47 Å². The highest BCUT2D eigenvalue weighted by Crippen LogP contribution is 2.30. The Morgan fingerprint density at radius 1 is 1.14 bits per heavy atom. The second kappa shape index (κ2) is 9.56. The zero-order valence-electron chi connectivity index (χ0n) is 16.4. The van der Waals surface area contributed by atoms with Gasteiger partial charge in [-0.15, -0.1) is 0 Å². The third-order valence-corrected chi connectivity index (χ3v) is 5.31. The van der Waals surface area contributed by atoms with E-state index in [1.807, 2.05) is 72.2 Å².